The molecule has 0 amide bonds. The molecule has 4 nitrogen and oxygen atoms in total. The van der Waals surface area contributed by atoms with Gasteiger partial charge >= 0.3 is 0 Å². The second-order valence-corrected chi connectivity index (χ2v) is 4.85. The fourth-order valence-corrected chi connectivity index (χ4v) is 1.88. The van der Waals surface area contributed by atoms with Crippen LogP contribution in [0.1, 0.15) is 33.6 Å². The van der Waals surface area contributed by atoms with Gasteiger partial charge in [-0.15, -0.1) is 0 Å². The van der Waals surface area contributed by atoms with Crippen LogP contribution < -0.4 is 0 Å². The van der Waals surface area contributed by atoms with Gasteiger partial charge < -0.3 is 5.11 Å². The van der Waals surface area contributed by atoms with Crippen LogP contribution in [0.5, 0.6) is 0 Å². The number of hydrogen-bond donors (Lipinski definition) is 1. The maximum atomic E-state index is 10.8. The van der Waals surface area contributed by atoms with Gasteiger partial charge in [-0.05, 0) is 19.8 Å². The van der Waals surface area contributed by atoms with Crippen molar-refractivity contribution in [3.8, 4) is 0 Å². The number of aliphatic hydroxyl groups is 1. The Morgan fingerprint density at radius 1 is 1.38 bits per heavy atom. The Morgan fingerprint density at radius 2 is 1.77 bits per heavy atom. The molecule has 5 heteroatoms. The Kier molecular flexibility index (Phi) is 4.35. The Bertz CT molecular complexity index is 241. The normalized spacial score (nSPS) is 15.8. The lowest BCUT2D eigenvalue weighted by Crippen LogP contribution is -2.41. The molecular formula is C8H18O4S. The van der Waals surface area contributed by atoms with E-state index in [1.165, 1.54) is 0 Å². The van der Waals surface area contributed by atoms with Crippen molar-refractivity contribution in [2.45, 2.75) is 45.3 Å². The van der Waals surface area contributed by atoms with Crippen LogP contribution in [0.25, 0.3) is 0 Å². The van der Waals surface area contributed by atoms with E-state index in [9.17, 15) is 13.5 Å². The second kappa shape index (κ2) is 4.39. The monoisotopic (exact) mass is 210 g/mol. The lowest BCUT2D eigenvalue weighted by Gasteiger charge is -2.30. The summed E-state index contributed by atoms with van der Waals surface area (Å²) in [6.45, 7) is 5.16. The first kappa shape index (κ1) is 12.9. The van der Waals surface area contributed by atoms with Crippen LogP contribution in [-0.4, -0.2) is 31.5 Å². The molecule has 0 saturated heterocycles. The SMILES string of the molecule is CCC(O)(CC)[C@H](C)OS(C)(=O)=O. The predicted molar refractivity (Wildman–Crippen MR) is 50.9 cm³/mol. The summed E-state index contributed by atoms with van der Waals surface area (Å²) in [7, 11) is -3.49. The highest BCUT2D eigenvalue weighted by atomic mass is 32.2. The van der Waals surface area contributed by atoms with Crippen molar-refractivity contribution in [3.63, 3.8) is 0 Å². The zero-order valence-corrected chi connectivity index (χ0v) is 9.39. The minimum atomic E-state index is -3.49. The van der Waals surface area contributed by atoms with E-state index in [0.29, 0.717) is 12.8 Å². The van der Waals surface area contributed by atoms with Crippen LogP contribution in [0.15, 0.2) is 0 Å². The van der Waals surface area contributed by atoms with E-state index >= 15 is 0 Å². The highest BCUT2D eigenvalue weighted by Crippen LogP contribution is 2.22. The first-order valence-corrected chi connectivity index (χ1v) is 6.17. The summed E-state index contributed by atoms with van der Waals surface area (Å²) in [6.07, 6.45) is 1.23. The van der Waals surface area contributed by atoms with Crippen molar-refractivity contribution in [1.29, 1.82) is 0 Å². The molecule has 1 N–H and O–H groups in total. The zero-order chi connectivity index (χ0) is 10.7. The van der Waals surface area contributed by atoms with Crippen molar-refractivity contribution < 1.29 is 17.7 Å². The smallest absolute Gasteiger partial charge is 0.264 e. The predicted octanol–water partition coefficient (Wildman–Crippen LogP) is 0.902. The molecule has 0 bridgehead atoms. The molecule has 0 aromatic heterocycles. The van der Waals surface area contributed by atoms with Crippen LogP contribution in [-0.2, 0) is 14.3 Å². The van der Waals surface area contributed by atoms with Gasteiger partial charge in [-0.2, -0.15) is 8.42 Å². The van der Waals surface area contributed by atoms with Gasteiger partial charge in [0.05, 0.1) is 11.9 Å². The Balaban J connectivity index is 4.49. The molecule has 0 fully saturated rings. The van der Waals surface area contributed by atoms with E-state index in [0.717, 1.165) is 6.26 Å². The first-order valence-electron chi connectivity index (χ1n) is 4.35. The standard InChI is InChI=1S/C8H18O4S/c1-5-8(9,6-2)7(3)12-13(4,10)11/h7,9H,5-6H2,1-4H3/t7-/m0/s1. The van der Waals surface area contributed by atoms with E-state index in [1.807, 2.05) is 0 Å². The first-order chi connectivity index (χ1) is 5.75. The van der Waals surface area contributed by atoms with Crippen LogP contribution in [0.4, 0.5) is 0 Å². The zero-order valence-electron chi connectivity index (χ0n) is 8.57. The van der Waals surface area contributed by atoms with Crippen LogP contribution >= 0.6 is 0 Å². The largest absolute Gasteiger partial charge is 0.387 e. The topological polar surface area (TPSA) is 63.6 Å². The summed E-state index contributed by atoms with van der Waals surface area (Å²) in [5, 5.41) is 9.87. The number of rotatable bonds is 5. The van der Waals surface area contributed by atoms with Crippen molar-refractivity contribution in [2.24, 2.45) is 0 Å². The molecule has 0 aromatic carbocycles. The molecule has 0 aliphatic heterocycles. The molecule has 13 heavy (non-hydrogen) atoms. The Hall–Kier alpha value is -0.130. The van der Waals surface area contributed by atoms with E-state index in [2.05, 4.69) is 0 Å². The van der Waals surface area contributed by atoms with Crippen molar-refractivity contribution >= 4 is 10.1 Å². The third kappa shape index (κ3) is 4.06. The van der Waals surface area contributed by atoms with Gasteiger partial charge in [0, 0.05) is 0 Å². The van der Waals surface area contributed by atoms with Crippen molar-refractivity contribution in [1.82, 2.24) is 0 Å². The molecule has 0 radical (unpaired) electrons. The van der Waals surface area contributed by atoms with Gasteiger partial charge in [-0.1, -0.05) is 13.8 Å². The quantitative estimate of drug-likeness (QED) is 0.685. The van der Waals surface area contributed by atoms with E-state index in [1.54, 1.807) is 20.8 Å². The summed E-state index contributed by atoms with van der Waals surface area (Å²) >= 11 is 0. The van der Waals surface area contributed by atoms with E-state index in [4.69, 9.17) is 4.18 Å². The highest BCUT2D eigenvalue weighted by molar-refractivity contribution is 7.86. The Morgan fingerprint density at radius 3 is 2.00 bits per heavy atom. The molecule has 0 aliphatic rings. The second-order valence-electron chi connectivity index (χ2n) is 3.25. The summed E-state index contributed by atoms with van der Waals surface area (Å²) in [4.78, 5) is 0. The van der Waals surface area contributed by atoms with Gasteiger partial charge in [0.25, 0.3) is 10.1 Å². The van der Waals surface area contributed by atoms with Gasteiger partial charge in [0.2, 0.25) is 0 Å². The van der Waals surface area contributed by atoms with Gasteiger partial charge in [-0.3, -0.25) is 4.18 Å². The minimum Gasteiger partial charge on any atom is -0.387 e. The molecule has 0 unspecified atom stereocenters. The lowest BCUT2D eigenvalue weighted by molar-refractivity contribution is -0.0561. The summed E-state index contributed by atoms with van der Waals surface area (Å²) in [5.41, 5.74) is -1.05. The summed E-state index contributed by atoms with van der Waals surface area (Å²) < 4.78 is 26.3. The summed E-state index contributed by atoms with van der Waals surface area (Å²) in [5.74, 6) is 0. The molecule has 80 valence electrons. The average molecular weight is 210 g/mol. The molecule has 0 heterocycles. The molecular weight excluding hydrogens is 192 g/mol. The van der Waals surface area contributed by atoms with Crippen LogP contribution in [0.2, 0.25) is 0 Å². The molecule has 0 aliphatic carbocycles. The molecule has 0 aromatic rings. The van der Waals surface area contributed by atoms with Gasteiger partial charge in [-0.25, -0.2) is 0 Å². The third-order valence-electron chi connectivity index (χ3n) is 2.30. The minimum absolute atomic E-state index is 0.472. The highest BCUT2D eigenvalue weighted by Gasteiger charge is 2.32. The fraction of sp³-hybridized carbons (Fsp3) is 1.00. The van der Waals surface area contributed by atoms with E-state index < -0.39 is 21.8 Å². The fourth-order valence-electron chi connectivity index (χ4n) is 1.18. The van der Waals surface area contributed by atoms with Crippen LogP contribution in [0, 0.1) is 0 Å². The van der Waals surface area contributed by atoms with Gasteiger partial charge in [0.15, 0.2) is 0 Å². The van der Waals surface area contributed by atoms with Crippen molar-refractivity contribution in [3.05, 3.63) is 0 Å². The molecule has 0 rings (SSSR count). The third-order valence-corrected chi connectivity index (χ3v) is 2.94. The molecule has 0 saturated carbocycles. The maximum absolute atomic E-state index is 10.8. The van der Waals surface area contributed by atoms with Crippen molar-refractivity contribution in [2.75, 3.05) is 6.26 Å². The average Bonchev–Trinajstić information content (AvgIpc) is 2.00. The Labute approximate surface area is 80.0 Å². The van der Waals surface area contributed by atoms with Gasteiger partial charge in [0.1, 0.15) is 6.10 Å². The molecule has 0 spiro atoms. The van der Waals surface area contributed by atoms with E-state index in [-0.39, 0.29) is 0 Å². The maximum Gasteiger partial charge on any atom is 0.264 e. The molecule has 1 atom stereocenters. The summed E-state index contributed by atoms with van der Waals surface area (Å²) in [6, 6.07) is 0. The number of hydrogen-bond acceptors (Lipinski definition) is 4. The lowest BCUT2D eigenvalue weighted by atomic mass is 9.92. The van der Waals surface area contributed by atoms with Crippen LogP contribution in [0.3, 0.4) is 0 Å².